The van der Waals surface area contributed by atoms with Crippen LogP contribution in [0.2, 0.25) is 0 Å². The molecular weight excluding hydrogens is 370 g/mol. The van der Waals surface area contributed by atoms with Gasteiger partial charge in [-0.3, -0.25) is 9.69 Å². The Bertz CT molecular complexity index is 768. The van der Waals surface area contributed by atoms with Crippen LogP contribution in [0.4, 0.5) is 4.79 Å². The first-order valence-electron chi connectivity index (χ1n) is 9.14. The van der Waals surface area contributed by atoms with Gasteiger partial charge < -0.3 is 9.64 Å². The molecule has 0 spiro atoms. The maximum atomic E-state index is 12.4. The van der Waals surface area contributed by atoms with Gasteiger partial charge in [-0.15, -0.1) is 0 Å². The molecule has 9 heteroatoms. The molecule has 2 aliphatic heterocycles. The molecule has 2 aliphatic rings. The van der Waals surface area contributed by atoms with E-state index < -0.39 is 16.1 Å². The lowest BCUT2D eigenvalue weighted by molar-refractivity contribution is -0.133. The molecule has 2 amide bonds. The summed E-state index contributed by atoms with van der Waals surface area (Å²) in [6.07, 6.45) is 1.23. The van der Waals surface area contributed by atoms with E-state index in [1.54, 1.807) is 17.0 Å². The number of piperidine rings is 1. The third kappa shape index (κ3) is 5.67. The Labute approximate surface area is 159 Å². The molecule has 1 N–H and O–H groups in total. The lowest BCUT2D eigenvalue weighted by atomic mass is 9.98. The van der Waals surface area contributed by atoms with Crippen molar-refractivity contribution in [3.63, 3.8) is 0 Å². The van der Waals surface area contributed by atoms with Crippen LogP contribution in [0, 0.1) is 5.92 Å². The summed E-state index contributed by atoms with van der Waals surface area (Å²) in [5.74, 6) is -0.107. The van der Waals surface area contributed by atoms with Gasteiger partial charge in [0, 0.05) is 19.6 Å². The highest BCUT2D eigenvalue weighted by molar-refractivity contribution is 7.88. The average Bonchev–Trinajstić information content (AvgIpc) is 3.05. The first kappa shape index (κ1) is 19.6. The van der Waals surface area contributed by atoms with Gasteiger partial charge in [0.05, 0.1) is 12.3 Å². The largest absolute Gasteiger partial charge is 0.448 e. The molecule has 0 aromatic heterocycles. The standard InChI is InChI=1S/C18H25N3O5S/c22-17(13-21-9-10-26-18(21)23)20-8-4-7-16(12-20)11-19-27(24,25)14-15-5-2-1-3-6-15/h1-3,5-6,16,19H,4,7-14H2. The number of likely N-dealkylation sites (tertiary alicyclic amines) is 1. The van der Waals surface area contributed by atoms with Crippen molar-refractivity contribution >= 4 is 22.0 Å². The number of ether oxygens (including phenoxy) is 1. The fourth-order valence-corrected chi connectivity index (χ4v) is 4.60. The molecule has 0 aliphatic carbocycles. The molecule has 2 saturated heterocycles. The summed E-state index contributed by atoms with van der Waals surface area (Å²) in [5, 5.41) is 0. The Kier molecular flexibility index (Phi) is 6.33. The van der Waals surface area contributed by atoms with E-state index in [9.17, 15) is 18.0 Å². The minimum atomic E-state index is -3.42. The molecule has 2 fully saturated rings. The van der Waals surface area contributed by atoms with Crippen molar-refractivity contribution in [3.8, 4) is 0 Å². The summed E-state index contributed by atoms with van der Waals surface area (Å²) in [5.41, 5.74) is 0.739. The second kappa shape index (κ2) is 8.71. The van der Waals surface area contributed by atoms with Crippen molar-refractivity contribution in [3.05, 3.63) is 35.9 Å². The van der Waals surface area contributed by atoms with Crippen LogP contribution in [0.5, 0.6) is 0 Å². The lowest BCUT2D eigenvalue weighted by Gasteiger charge is -2.33. The second-order valence-corrected chi connectivity index (χ2v) is 8.78. The third-order valence-electron chi connectivity index (χ3n) is 4.83. The van der Waals surface area contributed by atoms with Crippen LogP contribution in [0.3, 0.4) is 0 Å². The smallest absolute Gasteiger partial charge is 0.410 e. The molecule has 1 unspecified atom stereocenters. The van der Waals surface area contributed by atoms with Crippen molar-refractivity contribution in [1.29, 1.82) is 0 Å². The van der Waals surface area contributed by atoms with Gasteiger partial charge in [0.15, 0.2) is 0 Å². The van der Waals surface area contributed by atoms with E-state index >= 15 is 0 Å². The number of sulfonamides is 1. The Morgan fingerprint density at radius 2 is 2.00 bits per heavy atom. The fraction of sp³-hybridized carbons (Fsp3) is 0.556. The number of rotatable bonds is 7. The Morgan fingerprint density at radius 1 is 1.22 bits per heavy atom. The highest BCUT2D eigenvalue weighted by Gasteiger charge is 2.29. The van der Waals surface area contributed by atoms with Gasteiger partial charge in [0.2, 0.25) is 15.9 Å². The molecule has 8 nitrogen and oxygen atoms in total. The van der Waals surface area contributed by atoms with Crippen molar-refractivity contribution in [1.82, 2.24) is 14.5 Å². The maximum Gasteiger partial charge on any atom is 0.410 e. The summed E-state index contributed by atoms with van der Waals surface area (Å²) in [6, 6.07) is 9.03. The van der Waals surface area contributed by atoms with Crippen LogP contribution >= 0.6 is 0 Å². The SMILES string of the molecule is O=C(CN1CCOC1=O)N1CCCC(CNS(=O)(=O)Cc2ccccc2)C1. The van der Waals surface area contributed by atoms with E-state index in [0.29, 0.717) is 32.8 Å². The maximum absolute atomic E-state index is 12.4. The Balaban J connectivity index is 1.47. The molecule has 0 saturated carbocycles. The molecule has 148 valence electrons. The topological polar surface area (TPSA) is 96.0 Å². The summed E-state index contributed by atoms with van der Waals surface area (Å²) in [7, 11) is -3.42. The zero-order valence-electron chi connectivity index (χ0n) is 15.2. The van der Waals surface area contributed by atoms with Gasteiger partial charge in [0.25, 0.3) is 0 Å². The first-order valence-corrected chi connectivity index (χ1v) is 10.8. The Morgan fingerprint density at radius 3 is 2.70 bits per heavy atom. The van der Waals surface area contributed by atoms with Crippen LogP contribution < -0.4 is 4.72 Å². The van der Waals surface area contributed by atoms with Crippen molar-refractivity contribution in [2.75, 3.05) is 39.3 Å². The number of hydrogen-bond donors (Lipinski definition) is 1. The van der Waals surface area contributed by atoms with E-state index in [1.165, 1.54) is 4.90 Å². The predicted molar refractivity (Wildman–Crippen MR) is 99.3 cm³/mol. The number of amides is 2. The quantitative estimate of drug-likeness (QED) is 0.737. The monoisotopic (exact) mass is 395 g/mol. The first-order chi connectivity index (χ1) is 12.9. The van der Waals surface area contributed by atoms with E-state index in [-0.39, 0.29) is 24.1 Å². The summed E-state index contributed by atoms with van der Waals surface area (Å²) in [6.45, 7) is 2.21. The molecule has 1 aromatic carbocycles. The molecular formula is C18H25N3O5S. The van der Waals surface area contributed by atoms with E-state index in [4.69, 9.17) is 4.74 Å². The molecule has 2 heterocycles. The van der Waals surface area contributed by atoms with Gasteiger partial charge in [-0.2, -0.15) is 0 Å². The molecule has 0 radical (unpaired) electrons. The minimum absolute atomic E-state index is 0.0191. The number of nitrogens with one attached hydrogen (secondary N) is 1. The van der Waals surface area contributed by atoms with Gasteiger partial charge >= 0.3 is 6.09 Å². The lowest BCUT2D eigenvalue weighted by Crippen LogP contribution is -2.47. The molecule has 1 atom stereocenters. The van der Waals surface area contributed by atoms with E-state index in [1.807, 2.05) is 18.2 Å². The van der Waals surface area contributed by atoms with Crippen LogP contribution in [-0.4, -0.2) is 69.5 Å². The molecule has 0 bridgehead atoms. The average molecular weight is 395 g/mol. The van der Waals surface area contributed by atoms with Gasteiger partial charge in [0.1, 0.15) is 13.2 Å². The highest BCUT2D eigenvalue weighted by Crippen LogP contribution is 2.17. The fourth-order valence-electron chi connectivity index (χ4n) is 3.38. The predicted octanol–water partition coefficient (Wildman–Crippen LogP) is 0.797. The van der Waals surface area contributed by atoms with Crippen LogP contribution in [-0.2, 0) is 25.3 Å². The molecule has 1 aromatic rings. The number of hydrogen-bond acceptors (Lipinski definition) is 5. The molecule has 3 rings (SSSR count). The summed E-state index contributed by atoms with van der Waals surface area (Å²) in [4.78, 5) is 27.0. The second-order valence-electron chi connectivity index (χ2n) is 6.98. The summed E-state index contributed by atoms with van der Waals surface area (Å²) < 4.78 is 32.1. The minimum Gasteiger partial charge on any atom is -0.448 e. The van der Waals surface area contributed by atoms with E-state index in [2.05, 4.69) is 4.72 Å². The normalized spacial score (nSPS) is 20.6. The van der Waals surface area contributed by atoms with Crippen LogP contribution in [0.25, 0.3) is 0 Å². The summed E-state index contributed by atoms with van der Waals surface area (Å²) >= 11 is 0. The number of carbonyl (C=O) groups is 2. The Hall–Kier alpha value is -2.13. The van der Waals surface area contributed by atoms with Crippen LogP contribution in [0.1, 0.15) is 18.4 Å². The van der Waals surface area contributed by atoms with E-state index in [0.717, 1.165) is 18.4 Å². The number of cyclic esters (lactones) is 1. The zero-order valence-corrected chi connectivity index (χ0v) is 16.0. The van der Waals surface area contributed by atoms with Gasteiger partial charge in [-0.25, -0.2) is 17.9 Å². The number of benzene rings is 1. The van der Waals surface area contributed by atoms with Gasteiger partial charge in [-0.05, 0) is 24.3 Å². The van der Waals surface area contributed by atoms with Crippen LogP contribution in [0.15, 0.2) is 30.3 Å². The number of nitrogens with zero attached hydrogens (tertiary/aromatic N) is 2. The van der Waals surface area contributed by atoms with Crippen molar-refractivity contribution in [2.24, 2.45) is 5.92 Å². The zero-order chi connectivity index (χ0) is 19.3. The van der Waals surface area contributed by atoms with Crippen molar-refractivity contribution < 1.29 is 22.7 Å². The molecule has 27 heavy (non-hydrogen) atoms. The number of carbonyl (C=O) groups excluding carboxylic acids is 2. The van der Waals surface area contributed by atoms with Gasteiger partial charge in [-0.1, -0.05) is 30.3 Å². The third-order valence-corrected chi connectivity index (χ3v) is 6.15. The highest BCUT2D eigenvalue weighted by atomic mass is 32.2. The van der Waals surface area contributed by atoms with Crippen molar-refractivity contribution in [2.45, 2.75) is 18.6 Å².